The predicted molar refractivity (Wildman–Crippen MR) is 385 cm³/mol. The van der Waals surface area contributed by atoms with E-state index >= 15 is 0 Å². The summed E-state index contributed by atoms with van der Waals surface area (Å²) in [5, 5.41) is 34.1. The number of carbonyl (C=O) groups is 4. The number of carboxylic acid groups (broad SMARTS) is 4. The van der Waals surface area contributed by atoms with Crippen LogP contribution in [0.1, 0.15) is 439 Å². The van der Waals surface area contributed by atoms with Crippen LogP contribution < -0.4 is 0 Å². The van der Waals surface area contributed by atoms with Gasteiger partial charge in [-0.3, -0.25) is 19.2 Å². The molecular formula is C80H152MoO8. The van der Waals surface area contributed by atoms with Gasteiger partial charge in [-0.15, -0.1) is 0 Å². The Hall–Kier alpha value is -2.47. The molecule has 0 amide bonds. The minimum absolute atomic E-state index is 0. The number of hydrogen-bond donors (Lipinski definition) is 4. The van der Waals surface area contributed by atoms with Gasteiger partial charge < -0.3 is 20.4 Å². The molecule has 0 aliphatic heterocycles. The normalized spacial score (nSPS) is 11.2. The van der Waals surface area contributed by atoms with Crippen LogP contribution in [0.4, 0.5) is 0 Å². The summed E-state index contributed by atoms with van der Waals surface area (Å²) in [4.78, 5) is 41.4. The molecule has 0 radical (unpaired) electrons. The first kappa shape index (κ1) is 95.2. The number of hydrogen-bond acceptors (Lipinski definition) is 4. The average molecular weight is 1340 g/mol. The Bertz CT molecular complexity index is 1260. The quantitative estimate of drug-likeness (QED) is 0.0267. The van der Waals surface area contributed by atoms with Gasteiger partial charge in [-0.1, -0.05) is 333 Å². The summed E-state index contributed by atoms with van der Waals surface area (Å²) in [5.41, 5.74) is 0. The molecular weight excluding hydrogens is 1180 g/mol. The standard InChI is InChI=1S/4C20H38O2.Mo/c4*1-2-3-4-5-6-7-8-9-10-11-12-13-14-15-16-17-18-19-20(21)22;/h4*11-12H,2-10,13-19H2,1H3,(H,21,22);/b4*12-11-;. The molecule has 0 aliphatic carbocycles. The Balaban J connectivity index is -0.000000351. The van der Waals surface area contributed by atoms with Gasteiger partial charge in [0.1, 0.15) is 0 Å². The molecule has 0 aromatic rings. The van der Waals surface area contributed by atoms with Gasteiger partial charge in [0.25, 0.3) is 0 Å². The summed E-state index contributed by atoms with van der Waals surface area (Å²) < 4.78 is 0. The van der Waals surface area contributed by atoms with Crippen LogP contribution in [-0.4, -0.2) is 44.3 Å². The fourth-order valence-corrected chi connectivity index (χ4v) is 10.8. The number of allylic oxidation sites excluding steroid dienone is 8. The Morgan fingerprint density at radius 2 is 0.281 bits per heavy atom. The maximum atomic E-state index is 10.4. The number of carboxylic acids is 4. The Kier molecular flexibility index (Phi) is 98.4. The second kappa shape index (κ2) is 91.9. The molecule has 0 heterocycles. The van der Waals surface area contributed by atoms with Gasteiger partial charge in [-0.25, -0.2) is 0 Å². The fourth-order valence-electron chi connectivity index (χ4n) is 10.8. The minimum atomic E-state index is -0.663. The van der Waals surface area contributed by atoms with E-state index in [0.29, 0.717) is 25.7 Å². The molecule has 0 aliphatic rings. The van der Waals surface area contributed by atoms with Gasteiger partial charge in [0.2, 0.25) is 0 Å². The van der Waals surface area contributed by atoms with Crippen molar-refractivity contribution in [2.45, 2.75) is 439 Å². The molecule has 9 heteroatoms. The van der Waals surface area contributed by atoms with E-state index in [1.165, 1.54) is 334 Å². The van der Waals surface area contributed by atoms with Gasteiger partial charge in [0.05, 0.1) is 0 Å². The molecule has 4 N–H and O–H groups in total. The molecule has 0 atom stereocenters. The summed E-state index contributed by atoms with van der Waals surface area (Å²) in [6, 6.07) is 0. The molecule has 0 unspecified atom stereocenters. The van der Waals surface area contributed by atoms with E-state index in [1.807, 2.05) is 0 Å². The van der Waals surface area contributed by atoms with Crippen LogP contribution in [0, 0.1) is 0 Å². The van der Waals surface area contributed by atoms with Crippen molar-refractivity contribution in [3.05, 3.63) is 48.6 Å². The summed E-state index contributed by atoms with van der Waals surface area (Å²) >= 11 is 0. The van der Waals surface area contributed by atoms with Crippen molar-refractivity contribution in [2.24, 2.45) is 0 Å². The van der Waals surface area contributed by atoms with E-state index in [0.717, 1.165) is 51.4 Å². The first-order valence-electron chi connectivity index (χ1n) is 38.6. The van der Waals surface area contributed by atoms with Crippen molar-refractivity contribution in [1.29, 1.82) is 0 Å². The Morgan fingerprint density at radius 3 is 0.393 bits per heavy atom. The van der Waals surface area contributed by atoms with Crippen LogP contribution in [-0.2, 0) is 40.2 Å². The van der Waals surface area contributed by atoms with Crippen LogP contribution in [0.25, 0.3) is 0 Å². The Morgan fingerprint density at radius 1 is 0.180 bits per heavy atom. The monoisotopic (exact) mass is 1340 g/mol. The van der Waals surface area contributed by atoms with Crippen LogP contribution in [0.5, 0.6) is 0 Å². The summed E-state index contributed by atoms with van der Waals surface area (Å²) in [5.74, 6) is -2.65. The van der Waals surface area contributed by atoms with E-state index in [9.17, 15) is 19.2 Å². The number of rotatable bonds is 68. The summed E-state index contributed by atoms with van der Waals surface area (Å²) in [6.07, 6.45) is 96.7. The van der Waals surface area contributed by atoms with E-state index < -0.39 is 23.9 Å². The van der Waals surface area contributed by atoms with Gasteiger partial charge in [-0.2, -0.15) is 0 Å². The van der Waals surface area contributed by atoms with Gasteiger partial charge in [-0.05, 0) is 128 Å². The first-order chi connectivity index (χ1) is 43.1. The summed E-state index contributed by atoms with van der Waals surface area (Å²) in [6.45, 7) is 9.08. The topological polar surface area (TPSA) is 149 Å². The maximum Gasteiger partial charge on any atom is 0.303 e. The fraction of sp³-hybridized carbons (Fsp3) is 0.850. The van der Waals surface area contributed by atoms with Gasteiger partial charge in [0.15, 0.2) is 0 Å². The van der Waals surface area contributed by atoms with Crippen LogP contribution in [0.2, 0.25) is 0 Å². The second-order valence-corrected chi connectivity index (χ2v) is 25.7. The third-order valence-corrected chi connectivity index (χ3v) is 16.6. The van der Waals surface area contributed by atoms with Crippen LogP contribution in [0.3, 0.4) is 0 Å². The summed E-state index contributed by atoms with van der Waals surface area (Å²) in [7, 11) is 0. The first-order valence-corrected chi connectivity index (χ1v) is 38.6. The van der Waals surface area contributed by atoms with E-state index in [4.69, 9.17) is 20.4 Å². The Labute approximate surface area is 568 Å². The van der Waals surface area contributed by atoms with Crippen LogP contribution >= 0.6 is 0 Å². The van der Waals surface area contributed by atoms with E-state index in [2.05, 4.69) is 76.3 Å². The largest absolute Gasteiger partial charge is 0.481 e. The molecule has 89 heavy (non-hydrogen) atoms. The average Bonchev–Trinajstić information content (AvgIpc) is 3.50. The number of unbranched alkanes of at least 4 members (excludes halogenated alkanes) is 52. The molecule has 0 bridgehead atoms. The van der Waals surface area contributed by atoms with E-state index in [-0.39, 0.29) is 21.1 Å². The number of aliphatic carboxylic acids is 4. The second-order valence-electron chi connectivity index (χ2n) is 25.7. The van der Waals surface area contributed by atoms with Crippen LogP contribution in [0.15, 0.2) is 48.6 Å². The molecule has 0 spiro atoms. The smallest absolute Gasteiger partial charge is 0.303 e. The molecule has 0 saturated carbocycles. The third kappa shape index (κ3) is 110. The van der Waals surface area contributed by atoms with Gasteiger partial charge >= 0.3 is 23.9 Å². The predicted octanol–water partition coefficient (Wildman–Crippen LogP) is 27.6. The van der Waals surface area contributed by atoms with Crippen molar-refractivity contribution in [3.63, 3.8) is 0 Å². The third-order valence-electron chi connectivity index (χ3n) is 16.6. The molecule has 0 aromatic heterocycles. The van der Waals surface area contributed by atoms with E-state index in [1.54, 1.807) is 0 Å². The van der Waals surface area contributed by atoms with Crippen molar-refractivity contribution in [3.8, 4) is 0 Å². The molecule has 526 valence electrons. The molecule has 0 aromatic carbocycles. The van der Waals surface area contributed by atoms with Crippen molar-refractivity contribution in [2.75, 3.05) is 0 Å². The van der Waals surface area contributed by atoms with Crippen molar-refractivity contribution in [1.82, 2.24) is 0 Å². The van der Waals surface area contributed by atoms with Gasteiger partial charge in [0, 0.05) is 46.7 Å². The zero-order valence-corrected chi connectivity index (χ0v) is 61.7. The minimum Gasteiger partial charge on any atom is -0.481 e. The molecule has 0 fully saturated rings. The zero-order valence-electron chi connectivity index (χ0n) is 59.7. The maximum absolute atomic E-state index is 10.4. The van der Waals surface area contributed by atoms with Crippen molar-refractivity contribution >= 4 is 23.9 Å². The van der Waals surface area contributed by atoms with Crippen molar-refractivity contribution < 1.29 is 60.7 Å². The molecule has 0 saturated heterocycles. The zero-order chi connectivity index (χ0) is 65.2. The molecule has 0 rings (SSSR count). The molecule has 8 nitrogen and oxygen atoms in total. The SMILES string of the molecule is CCCCCCCCCC/C=C\CCCCCCCC(=O)O.CCCCCCCCCC/C=C\CCCCCCCC(=O)O.CCCCCCCCCC/C=C\CCCCCCCC(=O)O.CCCCCCCCCC/C=C\CCCCCCCC(=O)O.[Mo].